The number of carbonyl (C=O) groups is 3. The lowest BCUT2D eigenvalue weighted by Gasteiger charge is -2.51. The van der Waals surface area contributed by atoms with Crippen LogP contribution in [0.1, 0.15) is 259 Å². The summed E-state index contributed by atoms with van der Waals surface area (Å²) in [6, 6.07) is -1.81. The van der Waals surface area contributed by atoms with Gasteiger partial charge in [-0.15, -0.1) is 0 Å². The minimum absolute atomic E-state index is 0.00431. The first-order valence-electron chi connectivity index (χ1n) is 45.5. The monoisotopic (exact) mass is 1750 g/mol. The predicted octanol–water partition coefficient (Wildman–Crippen LogP) is 1.51. The Labute approximate surface area is 714 Å². The van der Waals surface area contributed by atoms with Gasteiger partial charge in [0.2, 0.25) is 11.8 Å². The molecule has 0 radical (unpaired) electrons. The van der Waals surface area contributed by atoms with Gasteiger partial charge in [0, 0.05) is 52.6 Å². The van der Waals surface area contributed by atoms with Gasteiger partial charge < -0.3 is 164 Å². The molecular weight excluding hydrogens is 1590 g/mol. The smallest absolute Gasteiger partial charge is 0.220 e. The Morgan fingerprint density at radius 2 is 0.752 bits per heavy atom. The molecule has 6 heterocycles. The fourth-order valence-electron chi connectivity index (χ4n) is 16.4. The van der Waals surface area contributed by atoms with Gasteiger partial charge in [0.05, 0.1) is 51.8 Å². The molecule has 36 nitrogen and oxygen atoms in total. The van der Waals surface area contributed by atoms with Gasteiger partial charge in [0.1, 0.15) is 146 Å². The van der Waals surface area contributed by atoms with E-state index in [-0.39, 0.29) is 43.2 Å². The van der Waals surface area contributed by atoms with E-state index in [1.807, 2.05) is 6.92 Å². The zero-order valence-corrected chi connectivity index (χ0v) is 72.3. The summed E-state index contributed by atoms with van der Waals surface area (Å²) in [4.78, 5) is 39.3. The normalized spacial score (nSPS) is 35.3. The molecule has 2 amide bonds. The molecule has 6 aliphatic heterocycles. The van der Waals surface area contributed by atoms with Gasteiger partial charge in [0.15, 0.2) is 37.7 Å². The second-order valence-electron chi connectivity index (χ2n) is 34.1. The van der Waals surface area contributed by atoms with Crippen LogP contribution >= 0.6 is 0 Å². The summed E-state index contributed by atoms with van der Waals surface area (Å²) in [5.41, 5.74) is 0. The van der Waals surface area contributed by atoms with Gasteiger partial charge >= 0.3 is 0 Å². The molecule has 710 valence electrons. The van der Waals surface area contributed by atoms with Gasteiger partial charge in [-0.2, -0.15) is 0 Å². The second-order valence-corrected chi connectivity index (χ2v) is 34.1. The van der Waals surface area contributed by atoms with E-state index in [1.54, 1.807) is 0 Å². The standard InChI is InChI=1S/C85H156N2O34/c1-6-8-10-12-14-16-18-20-22-24-26-28-30-34-40-108-50-55(109-41-35-31-29-27-25-23-21-19-17-15-13-11-9-7-2)38-37-54(94)43-51(3)44-61(95)86-39-33-32-36-42-110-81-72(105)69(102)75(59(48-91)115-81)117-83-73(106)70(103)76(60(49-92)116-83)118-84-74(107)78(66(99)58(47-90)113-84)120-80-62(87-53(5)93)77(65(98)57(46-89)112-80)119-85-79(68(101)64(97)56(45-88)114-85)121-82-71(104)67(100)63(96)52(4)111-82/h51-52,55-60,62-85,88-92,96-107H,6-50H2,1-5H3,(H,86,95)(H,87,93)/t51-,52?,55+,56?,57?,58?,59?,60?,62?,63-,64+,65+,66+,67+,68+,69-,70-,71?,72?,73?,74?,75-,76+,77-,78+,79?,80+,81+,82+,83+,84-,85+/m1/s1. The molecule has 6 saturated heterocycles. The average molecular weight is 1750 g/mol. The lowest BCUT2D eigenvalue weighted by atomic mass is 9.94. The van der Waals surface area contributed by atoms with Crippen LogP contribution in [0.2, 0.25) is 0 Å². The summed E-state index contributed by atoms with van der Waals surface area (Å²) in [5, 5.41) is 193. The van der Waals surface area contributed by atoms with Gasteiger partial charge in [-0.3, -0.25) is 14.4 Å². The molecule has 0 saturated carbocycles. The zero-order valence-electron chi connectivity index (χ0n) is 72.3. The summed E-state index contributed by atoms with van der Waals surface area (Å²) in [5.74, 6) is -1.16. The van der Waals surface area contributed by atoms with E-state index in [0.717, 1.165) is 32.6 Å². The summed E-state index contributed by atoms with van der Waals surface area (Å²) in [6.45, 7) is 5.96. The van der Waals surface area contributed by atoms with Crippen molar-refractivity contribution in [3.63, 3.8) is 0 Å². The molecule has 0 aromatic heterocycles. The Hall–Kier alpha value is -2.63. The first-order chi connectivity index (χ1) is 58.3. The number of aliphatic hydroxyl groups is 17. The zero-order chi connectivity index (χ0) is 88.3. The van der Waals surface area contributed by atoms with Crippen molar-refractivity contribution in [2.24, 2.45) is 5.92 Å². The van der Waals surface area contributed by atoms with Crippen LogP contribution in [-0.2, 0) is 80.7 Å². The molecule has 0 aromatic carbocycles. The van der Waals surface area contributed by atoms with Crippen LogP contribution in [-0.4, -0.2) is 361 Å². The maximum Gasteiger partial charge on any atom is 0.220 e. The number of hydrogen-bond donors (Lipinski definition) is 19. The predicted molar refractivity (Wildman–Crippen MR) is 434 cm³/mol. The van der Waals surface area contributed by atoms with Crippen molar-refractivity contribution >= 4 is 17.6 Å². The molecule has 6 aliphatic rings. The molecule has 6 rings (SSSR count). The van der Waals surface area contributed by atoms with Crippen molar-refractivity contribution in [2.75, 3.05) is 66.0 Å². The Balaban J connectivity index is 0.925. The van der Waals surface area contributed by atoms with Gasteiger partial charge in [-0.25, -0.2) is 0 Å². The minimum Gasteiger partial charge on any atom is -0.394 e. The molecule has 0 bridgehead atoms. The maximum absolute atomic E-state index is 13.3. The van der Waals surface area contributed by atoms with Crippen LogP contribution in [0.4, 0.5) is 0 Å². The van der Waals surface area contributed by atoms with Crippen molar-refractivity contribution < 1.29 is 168 Å². The number of ether oxygens (including phenoxy) is 14. The van der Waals surface area contributed by atoms with E-state index in [1.165, 1.54) is 161 Å². The van der Waals surface area contributed by atoms with Crippen LogP contribution in [0.25, 0.3) is 0 Å². The number of rotatable bonds is 63. The number of hydrogen-bond acceptors (Lipinski definition) is 34. The van der Waals surface area contributed by atoms with Crippen LogP contribution in [0.5, 0.6) is 0 Å². The topological polar surface area (TPSA) is 548 Å². The molecule has 0 aromatic rings. The number of nitrogens with one attached hydrogen (secondary N) is 2. The third kappa shape index (κ3) is 35.6. The Morgan fingerprint density at radius 1 is 0.364 bits per heavy atom. The number of ketones is 1. The minimum atomic E-state index is -2.24. The van der Waals surface area contributed by atoms with Crippen LogP contribution in [0.3, 0.4) is 0 Å². The van der Waals surface area contributed by atoms with Gasteiger partial charge in [-0.1, -0.05) is 188 Å². The number of Topliss-reactive ketones (excluding diaryl/α,β-unsaturated/α-hetero) is 1. The van der Waals surface area contributed by atoms with Gasteiger partial charge in [0.25, 0.3) is 0 Å². The number of unbranched alkanes of at least 4 members (excludes halogenated alkanes) is 28. The fraction of sp³-hybridized carbons (Fsp3) is 0.965. The van der Waals surface area contributed by atoms with E-state index in [9.17, 15) is 101 Å². The lowest BCUT2D eigenvalue weighted by molar-refractivity contribution is -0.393. The molecule has 0 spiro atoms. The van der Waals surface area contributed by atoms with Crippen molar-refractivity contribution in [1.29, 1.82) is 0 Å². The molecular formula is C85H156N2O34. The lowest BCUT2D eigenvalue weighted by Crippen LogP contribution is -2.70. The van der Waals surface area contributed by atoms with Crippen LogP contribution in [0, 0.1) is 5.92 Å². The van der Waals surface area contributed by atoms with Crippen molar-refractivity contribution in [3.05, 3.63) is 0 Å². The molecule has 32 atom stereocenters. The third-order valence-corrected chi connectivity index (χ3v) is 23.9. The molecule has 0 aliphatic carbocycles. The quantitative estimate of drug-likeness (QED) is 0.0384. The van der Waals surface area contributed by atoms with E-state index in [4.69, 9.17) is 66.3 Å². The third-order valence-electron chi connectivity index (χ3n) is 23.9. The highest BCUT2D eigenvalue weighted by atomic mass is 16.8. The molecule has 6 fully saturated rings. The highest BCUT2D eigenvalue weighted by Gasteiger charge is 2.58. The van der Waals surface area contributed by atoms with E-state index in [0.29, 0.717) is 58.5 Å². The molecule has 121 heavy (non-hydrogen) atoms. The van der Waals surface area contributed by atoms with Gasteiger partial charge in [-0.05, 0) is 51.4 Å². The summed E-state index contributed by atoms with van der Waals surface area (Å²) in [7, 11) is 0. The van der Waals surface area contributed by atoms with Crippen molar-refractivity contribution in [2.45, 2.75) is 450 Å². The molecule has 12 unspecified atom stereocenters. The van der Waals surface area contributed by atoms with E-state index < -0.39 is 223 Å². The first kappa shape index (κ1) is 107. The van der Waals surface area contributed by atoms with Crippen LogP contribution in [0.15, 0.2) is 0 Å². The highest BCUT2D eigenvalue weighted by Crippen LogP contribution is 2.38. The largest absolute Gasteiger partial charge is 0.394 e. The summed E-state index contributed by atoms with van der Waals surface area (Å²) < 4.78 is 82.8. The second kappa shape index (κ2) is 59.6. The van der Waals surface area contributed by atoms with E-state index in [2.05, 4.69) is 24.5 Å². The van der Waals surface area contributed by atoms with Crippen molar-refractivity contribution in [1.82, 2.24) is 10.6 Å². The fourth-order valence-corrected chi connectivity index (χ4v) is 16.4. The highest BCUT2D eigenvalue weighted by molar-refractivity contribution is 5.80. The molecule has 19 N–H and O–H groups in total. The maximum atomic E-state index is 13.3. The number of carbonyl (C=O) groups excluding carboxylic acids is 3. The first-order valence-corrected chi connectivity index (χ1v) is 45.5. The average Bonchev–Trinajstić information content (AvgIpc) is 0.765. The van der Waals surface area contributed by atoms with Crippen molar-refractivity contribution in [3.8, 4) is 0 Å². The summed E-state index contributed by atoms with van der Waals surface area (Å²) >= 11 is 0. The van der Waals surface area contributed by atoms with E-state index >= 15 is 0 Å². The summed E-state index contributed by atoms with van der Waals surface area (Å²) in [6.07, 6.45) is -15.6. The SMILES string of the molecule is CCCCCCCCCCCCCCCCOC[C@H](CCC(=O)C[C@@H](C)CC(=O)NCCCCCO[C@H]1OC(CO)[C@@H](O[C@@H]2OC(CO)[C@H](O[C@H]3OC(CO)[C@H](O)[C@H](O[C@@H]4OC(CO)[C@H](O)[C@H](O[C@@H]5OC(CO)[C@H](O)[C@H](O)C5O[C@@H]5OC(C)[C@@H](O)[C@H](O)C5O)C4NC(C)=O)C3O)[C@H](O)C2O)[C@H](O)C1O)OCCCCCCCCCCCCCCCC. The number of amides is 2. The molecule has 36 heteroatoms. The Kier molecular flexibility index (Phi) is 52.7. The Bertz CT molecular complexity index is 2710. The number of aliphatic hydroxyl groups excluding tert-OH is 17. The Morgan fingerprint density at radius 3 is 1.27 bits per heavy atom. The van der Waals surface area contributed by atoms with Crippen LogP contribution < -0.4 is 10.6 Å².